The van der Waals surface area contributed by atoms with Crippen molar-refractivity contribution in [2.24, 2.45) is 10.9 Å². The van der Waals surface area contributed by atoms with E-state index in [1.54, 1.807) is 0 Å². The average molecular weight is 376 g/mol. The Morgan fingerprint density at radius 3 is 2.68 bits per heavy atom. The minimum Gasteiger partial charge on any atom is -0.357 e. The van der Waals surface area contributed by atoms with Gasteiger partial charge in [0, 0.05) is 37.9 Å². The number of guanidine groups is 1. The van der Waals surface area contributed by atoms with Crippen molar-refractivity contribution in [1.29, 1.82) is 0 Å². The third-order valence-electron chi connectivity index (χ3n) is 2.36. The maximum Gasteiger partial charge on any atom is 0.191 e. The second-order valence-electron chi connectivity index (χ2n) is 4.61. The Balaban J connectivity index is 0.00000324. The van der Waals surface area contributed by atoms with E-state index in [9.17, 15) is 0 Å². The van der Waals surface area contributed by atoms with Crippen LogP contribution in [0.5, 0.6) is 0 Å². The SMILES string of the molecule is CCNC(=NCC(C)C)NCCc1ccccn1.I. The van der Waals surface area contributed by atoms with Crippen molar-refractivity contribution in [2.75, 3.05) is 19.6 Å². The van der Waals surface area contributed by atoms with Crippen LogP contribution in [0.4, 0.5) is 0 Å². The quantitative estimate of drug-likeness (QED) is 0.456. The van der Waals surface area contributed by atoms with Crippen molar-refractivity contribution in [1.82, 2.24) is 15.6 Å². The van der Waals surface area contributed by atoms with E-state index >= 15 is 0 Å². The summed E-state index contributed by atoms with van der Waals surface area (Å²) in [5.74, 6) is 1.47. The first-order valence-corrected chi connectivity index (χ1v) is 6.64. The second kappa shape index (κ2) is 11.0. The van der Waals surface area contributed by atoms with Crippen molar-refractivity contribution in [3.8, 4) is 0 Å². The first-order chi connectivity index (χ1) is 8.72. The first-order valence-electron chi connectivity index (χ1n) is 6.64. The van der Waals surface area contributed by atoms with Crippen LogP contribution in [0.1, 0.15) is 26.5 Å². The van der Waals surface area contributed by atoms with Crippen molar-refractivity contribution in [3.63, 3.8) is 0 Å². The highest BCUT2D eigenvalue weighted by Gasteiger charge is 1.98. The van der Waals surface area contributed by atoms with Gasteiger partial charge in [-0.05, 0) is 25.0 Å². The summed E-state index contributed by atoms with van der Waals surface area (Å²) in [4.78, 5) is 8.81. The van der Waals surface area contributed by atoms with Crippen LogP contribution in [0.2, 0.25) is 0 Å². The summed E-state index contributed by atoms with van der Waals surface area (Å²) in [5, 5.41) is 6.57. The van der Waals surface area contributed by atoms with Crippen molar-refractivity contribution in [2.45, 2.75) is 27.2 Å². The van der Waals surface area contributed by atoms with Crippen LogP contribution in [0.15, 0.2) is 29.4 Å². The number of pyridine rings is 1. The molecule has 1 aromatic heterocycles. The summed E-state index contributed by atoms with van der Waals surface area (Å²) < 4.78 is 0. The highest BCUT2D eigenvalue weighted by molar-refractivity contribution is 14.0. The van der Waals surface area contributed by atoms with Gasteiger partial charge in [-0.25, -0.2) is 0 Å². The van der Waals surface area contributed by atoms with Gasteiger partial charge in [0.2, 0.25) is 0 Å². The molecule has 0 bridgehead atoms. The summed E-state index contributed by atoms with van der Waals surface area (Å²) in [6.07, 6.45) is 2.74. The maximum atomic E-state index is 4.52. The molecule has 0 aromatic carbocycles. The van der Waals surface area contributed by atoms with Gasteiger partial charge in [0.25, 0.3) is 0 Å². The van der Waals surface area contributed by atoms with E-state index in [0.29, 0.717) is 5.92 Å². The van der Waals surface area contributed by atoms with Crippen LogP contribution in [0, 0.1) is 5.92 Å². The Kier molecular flexibility index (Phi) is 10.5. The molecule has 0 unspecified atom stereocenters. The molecule has 2 N–H and O–H groups in total. The maximum absolute atomic E-state index is 4.52. The molecule has 108 valence electrons. The summed E-state index contributed by atoms with van der Waals surface area (Å²) in [6, 6.07) is 5.99. The van der Waals surface area contributed by atoms with Crippen LogP contribution in [0.25, 0.3) is 0 Å². The number of halogens is 1. The predicted molar refractivity (Wildman–Crippen MR) is 92.2 cm³/mol. The lowest BCUT2D eigenvalue weighted by Gasteiger charge is -2.11. The lowest BCUT2D eigenvalue weighted by atomic mass is 10.2. The molecule has 0 saturated heterocycles. The molecule has 0 radical (unpaired) electrons. The minimum absolute atomic E-state index is 0. The van der Waals surface area contributed by atoms with Gasteiger partial charge < -0.3 is 10.6 Å². The molecule has 0 amide bonds. The fourth-order valence-corrected chi connectivity index (χ4v) is 1.47. The van der Waals surface area contributed by atoms with E-state index in [0.717, 1.165) is 37.7 Å². The van der Waals surface area contributed by atoms with Crippen LogP contribution in [0.3, 0.4) is 0 Å². The lowest BCUT2D eigenvalue weighted by Crippen LogP contribution is -2.38. The largest absolute Gasteiger partial charge is 0.357 e. The number of rotatable bonds is 6. The van der Waals surface area contributed by atoms with Gasteiger partial charge in [0.1, 0.15) is 0 Å². The van der Waals surface area contributed by atoms with Gasteiger partial charge >= 0.3 is 0 Å². The lowest BCUT2D eigenvalue weighted by molar-refractivity contribution is 0.656. The van der Waals surface area contributed by atoms with E-state index in [4.69, 9.17) is 0 Å². The molecule has 0 aliphatic heterocycles. The molecule has 0 atom stereocenters. The Hall–Kier alpha value is -0.850. The Labute approximate surface area is 133 Å². The van der Waals surface area contributed by atoms with E-state index in [2.05, 4.69) is 41.4 Å². The number of nitrogens with one attached hydrogen (secondary N) is 2. The smallest absolute Gasteiger partial charge is 0.191 e. The normalized spacial score (nSPS) is 11.1. The highest BCUT2D eigenvalue weighted by Crippen LogP contribution is 1.94. The van der Waals surface area contributed by atoms with Gasteiger partial charge in [0.15, 0.2) is 5.96 Å². The number of hydrogen-bond donors (Lipinski definition) is 2. The van der Waals surface area contributed by atoms with Crippen LogP contribution < -0.4 is 10.6 Å². The zero-order valence-corrected chi connectivity index (χ0v) is 14.3. The molecule has 4 nitrogen and oxygen atoms in total. The topological polar surface area (TPSA) is 49.3 Å². The fourth-order valence-electron chi connectivity index (χ4n) is 1.47. The van der Waals surface area contributed by atoms with Gasteiger partial charge in [0.05, 0.1) is 0 Å². The van der Waals surface area contributed by atoms with Gasteiger partial charge in [-0.1, -0.05) is 19.9 Å². The fraction of sp³-hybridized carbons (Fsp3) is 0.571. The molecule has 1 heterocycles. The van der Waals surface area contributed by atoms with Crippen molar-refractivity contribution < 1.29 is 0 Å². The zero-order valence-electron chi connectivity index (χ0n) is 12.0. The highest BCUT2D eigenvalue weighted by atomic mass is 127. The molecule has 1 aromatic rings. The van der Waals surface area contributed by atoms with E-state index in [1.165, 1.54) is 0 Å². The van der Waals surface area contributed by atoms with Crippen LogP contribution >= 0.6 is 24.0 Å². The average Bonchev–Trinajstić information content (AvgIpc) is 2.37. The Morgan fingerprint density at radius 1 is 1.32 bits per heavy atom. The standard InChI is InChI=1S/C14H24N4.HI/c1-4-15-14(18-11-12(2)3)17-10-8-13-7-5-6-9-16-13;/h5-7,9,12H,4,8,10-11H2,1-3H3,(H2,15,17,18);1H. The minimum atomic E-state index is 0. The molecule has 0 fully saturated rings. The van der Waals surface area contributed by atoms with Gasteiger partial charge in [-0.15, -0.1) is 24.0 Å². The van der Waals surface area contributed by atoms with E-state index < -0.39 is 0 Å². The summed E-state index contributed by atoms with van der Waals surface area (Å²) in [5.41, 5.74) is 1.10. The third kappa shape index (κ3) is 8.80. The number of aliphatic imine (C=N–C) groups is 1. The Morgan fingerprint density at radius 2 is 2.11 bits per heavy atom. The molecule has 0 saturated carbocycles. The summed E-state index contributed by atoms with van der Waals surface area (Å²) in [7, 11) is 0. The summed E-state index contributed by atoms with van der Waals surface area (Å²) >= 11 is 0. The summed E-state index contributed by atoms with van der Waals surface area (Å²) in [6.45, 7) is 8.99. The predicted octanol–water partition coefficient (Wildman–Crippen LogP) is 2.45. The first kappa shape index (κ1) is 18.1. The van der Waals surface area contributed by atoms with Crippen LogP contribution in [-0.4, -0.2) is 30.6 Å². The molecule has 0 spiro atoms. The monoisotopic (exact) mass is 376 g/mol. The molecule has 0 aliphatic rings. The van der Waals surface area contributed by atoms with Crippen molar-refractivity contribution in [3.05, 3.63) is 30.1 Å². The third-order valence-corrected chi connectivity index (χ3v) is 2.36. The number of aromatic nitrogens is 1. The van der Waals surface area contributed by atoms with Gasteiger partial charge in [-0.2, -0.15) is 0 Å². The van der Waals surface area contributed by atoms with Crippen molar-refractivity contribution >= 4 is 29.9 Å². The number of nitrogens with zero attached hydrogens (tertiary/aromatic N) is 2. The molecule has 1 rings (SSSR count). The molecule has 5 heteroatoms. The molecule has 19 heavy (non-hydrogen) atoms. The molecular weight excluding hydrogens is 351 g/mol. The second-order valence-corrected chi connectivity index (χ2v) is 4.61. The molecule has 0 aliphatic carbocycles. The Bertz CT molecular complexity index is 352. The van der Waals surface area contributed by atoms with E-state index in [1.807, 2.05) is 24.4 Å². The zero-order chi connectivity index (χ0) is 13.2. The van der Waals surface area contributed by atoms with Crippen LogP contribution in [-0.2, 0) is 6.42 Å². The molecular formula is C14H25IN4. The van der Waals surface area contributed by atoms with E-state index in [-0.39, 0.29) is 24.0 Å². The number of hydrogen-bond acceptors (Lipinski definition) is 2. The van der Waals surface area contributed by atoms with Gasteiger partial charge in [-0.3, -0.25) is 9.98 Å².